The van der Waals surface area contributed by atoms with Crippen LogP contribution < -0.4 is 15.4 Å². The quantitative estimate of drug-likeness (QED) is 0.858. The van der Waals surface area contributed by atoms with Crippen LogP contribution in [0.25, 0.3) is 0 Å². The summed E-state index contributed by atoms with van der Waals surface area (Å²) in [6, 6.07) is 14.2. The summed E-state index contributed by atoms with van der Waals surface area (Å²) >= 11 is 0. The van der Waals surface area contributed by atoms with Crippen molar-refractivity contribution in [1.29, 1.82) is 0 Å². The van der Waals surface area contributed by atoms with Crippen LogP contribution in [-0.2, 0) is 9.59 Å². The lowest BCUT2D eigenvalue weighted by Crippen LogP contribution is -2.43. The van der Waals surface area contributed by atoms with Gasteiger partial charge in [0, 0.05) is 5.69 Å². The average molecular weight is 326 g/mol. The Morgan fingerprint density at radius 3 is 2.25 bits per heavy atom. The average Bonchev–Trinajstić information content (AvgIpc) is 2.55. The summed E-state index contributed by atoms with van der Waals surface area (Å²) in [6.45, 7) is 5.36. The highest BCUT2D eigenvalue weighted by molar-refractivity contribution is 5.97. The lowest BCUT2D eigenvalue weighted by molar-refractivity contribution is -0.127. The number of aryl methyl sites for hydroxylation is 2. The molecule has 0 aliphatic heterocycles. The molecule has 0 bridgehead atoms. The fourth-order valence-electron chi connectivity index (χ4n) is 2.29. The fourth-order valence-corrected chi connectivity index (χ4v) is 2.29. The van der Waals surface area contributed by atoms with Gasteiger partial charge in [-0.1, -0.05) is 36.4 Å². The number of carbonyl (C=O) groups is 2. The molecular formula is C19H22N2O3. The first-order chi connectivity index (χ1) is 11.5. The van der Waals surface area contributed by atoms with Crippen molar-refractivity contribution < 1.29 is 14.3 Å². The molecule has 2 aromatic carbocycles. The van der Waals surface area contributed by atoms with Gasteiger partial charge in [-0.15, -0.1) is 0 Å². The van der Waals surface area contributed by atoms with Crippen LogP contribution in [0.15, 0.2) is 48.5 Å². The van der Waals surface area contributed by atoms with Crippen molar-refractivity contribution in [3.05, 3.63) is 59.7 Å². The van der Waals surface area contributed by atoms with Crippen LogP contribution in [0.4, 0.5) is 5.69 Å². The van der Waals surface area contributed by atoms with Crippen molar-refractivity contribution in [2.75, 3.05) is 11.9 Å². The van der Waals surface area contributed by atoms with Crippen LogP contribution in [0.5, 0.6) is 5.75 Å². The Balaban J connectivity index is 1.84. The smallest absolute Gasteiger partial charge is 0.258 e. The van der Waals surface area contributed by atoms with Gasteiger partial charge >= 0.3 is 0 Å². The van der Waals surface area contributed by atoms with Crippen LogP contribution in [0.1, 0.15) is 18.1 Å². The topological polar surface area (TPSA) is 67.4 Å². The van der Waals surface area contributed by atoms with E-state index in [-0.39, 0.29) is 18.4 Å². The van der Waals surface area contributed by atoms with Gasteiger partial charge in [-0.2, -0.15) is 0 Å². The molecule has 0 spiro atoms. The Morgan fingerprint density at radius 2 is 1.62 bits per heavy atom. The molecule has 0 saturated heterocycles. The second-order valence-corrected chi connectivity index (χ2v) is 5.65. The molecule has 0 heterocycles. The summed E-state index contributed by atoms with van der Waals surface area (Å²) in [7, 11) is 0. The van der Waals surface area contributed by atoms with Gasteiger partial charge in [-0.3, -0.25) is 9.59 Å². The summed E-state index contributed by atoms with van der Waals surface area (Å²) in [5.41, 5.74) is 2.63. The number of hydrogen-bond donors (Lipinski definition) is 2. The number of anilines is 1. The lowest BCUT2D eigenvalue weighted by atomic mass is 10.1. The van der Waals surface area contributed by atoms with Gasteiger partial charge in [0.1, 0.15) is 11.8 Å². The molecule has 2 N–H and O–H groups in total. The van der Waals surface area contributed by atoms with Crippen molar-refractivity contribution in [2.45, 2.75) is 26.8 Å². The van der Waals surface area contributed by atoms with Gasteiger partial charge < -0.3 is 15.4 Å². The summed E-state index contributed by atoms with van der Waals surface area (Å²) in [5.74, 6) is 0.0871. The third kappa shape index (κ3) is 4.84. The number of nitrogens with one attached hydrogen (secondary N) is 2. The highest BCUT2D eigenvalue weighted by atomic mass is 16.5. The largest absolute Gasteiger partial charge is 0.483 e. The van der Waals surface area contributed by atoms with Crippen LogP contribution in [0, 0.1) is 13.8 Å². The second kappa shape index (κ2) is 8.15. The molecule has 0 aliphatic carbocycles. The van der Waals surface area contributed by atoms with Crippen LogP contribution in [0.2, 0.25) is 0 Å². The molecule has 2 amide bonds. The van der Waals surface area contributed by atoms with Crippen molar-refractivity contribution in [3.63, 3.8) is 0 Å². The number of rotatable bonds is 6. The van der Waals surface area contributed by atoms with Crippen LogP contribution >= 0.6 is 0 Å². The molecule has 24 heavy (non-hydrogen) atoms. The molecular weight excluding hydrogens is 304 g/mol. The Hall–Kier alpha value is -2.82. The van der Waals surface area contributed by atoms with Crippen LogP contribution in [0.3, 0.4) is 0 Å². The molecule has 5 heteroatoms. The first-order valence-electron chi connectivity index (χ1n) is 7.81. The summed E-state index contributed by atoms with van der Waals surface area (Å²) in [6.07, 6.45) is 0. The molecule has 0 aromatic heterocycles. The zero-order valence-corrected chi connectivity index (χ0v) is 14.1. The minimum absolute atomic E-state index is 0.130. The van der Waals surface area contributed by atoms with Gasteiger partial charge in [0.05, 0.1) is 0 Å². The van der Waals surface area contributed by atoms with E-state index in [1.54, 1.807) is 19.1 Å². The first kappa shape index (κ1) is 17.5. The van der Waals surface area contributed by atoms with E-state index in [1.165, 1.54) is 0 Å². The van der Waals surface area contributed by atoms with Gasteiger partial charge in [-0.05, 0) is 44.0 Å². The van der Waals surface area contributed by atoms with E-state index in [2.05, 4.69) is 10.6 Å². The van der Waals surface area contributed by atoms with E-state index in [0.717, 1.165) is 11.1 Å². The molecule has 0 radical (unpaired) electrons. The maximum absolute atomic E-state index is 12.1. The van der Waals surface area contributed by atoms with Gasteiger partial charge in [0.25, 0.3) is 5.91 Å². The maximum atomic E-state index is 12.1. The van der Waals surface area contributed by atoms with Gasteiger partial charge in [-0.25, -0.2) is 0 Å². The van der Waals surface area contributed by atoms with E-state index >= 15 is 0 Å². The van der Waals surface area contributed by atoms with E-state index < -0.39 is 6.04 Å². The SMILES string of the molecule is Cc1cccc(C)c1OCC(=O)NC(C)C(=O)Nc1ccccc1. The molecule has 5 nitrogen and oxygen atoms in total. The summed E-state index contributed by atoms with van der Waals surface area (Å²) < 4.78 is 5.58. The molecule has 1 atom stereocenters. The molecule has 0 aliphatic rings. The van der Waals surface area contributed by atoms with E-state index in [4.69, 9.17) is 4.74 Å². The number of para-hydroxylation sites is 2. The van der Waals surface area contributed by atoms with E-state index in [0.29, 0.717) is 11.4 Å². The highest BCUT2D eigenvalue weighted by Gasteiger charge is 2.16. The Morgan fingerprint density at radius 1 is 1.00 bits per heavy atom. The monoisotopic (exact) mass is 326 g/mol. The summed E-state index contributed by atoms with van der Waals surface area (Å²) in [5, 5.41) is 5.38. The van der Waals surface area contributed by atoms with E-state index in [9.17, 15) is 9.59 Å². The number of ether oxygens (including phenoxy) is 1. The third-order valence-corrected chi connectivity index (χ3v) is 3.57. The predicted molar refractivity (Wildman–Crippen MR) is 94.1 cm³/mol. The number of amides is 2. The fraction of sp³-hybridized carbons (Fsp3) is 0.263. The molecule has 2 rings (SSSR count). The molecule has 0 saturated carbocycles. The van der Waals surface area contributed by atoms with E-state index in [1.807, 2.05) is 50.2 Å². The Bertz CT molecular complexity index is 694. The first-order valence-corrected chi connectivity index (χ1v) is 7.81. The normalized spacial score (nSPS) is 11.5. The minimum atomic E-state index is -0.653. The predicted octanol–water partition coefficient (Wildman–Crippen LogP) is 2.83. The van der Waals surface area contributed by atoms with Crippen molar-refractivity contribution in [1.82, 2.24) is 5.32 Å². The Kier molecular flexibility index (Phi) is 5.95. The highest BCUT2D eigenvalue weighted by Crippen LogP contribution is 2.22. The third-order valence-electron chi connectivity index (χ3n) is 3.57. The standard InChI is InChI=1S/C19H22N2O3/c1-13-8-7-9-14(2)18(13)24-12-17(22)20-15(3)19(23)21-16-10-5-4-6-11-16/h4-11,15H,12H2,1-3H3,(H,20,22)(H,21,23). The molecule has 126 valence electrons. The Labute approximate surface area is 142 Å². The van der Waals surface area contributed by atoms with Gasteiger partial charge in [0.15, 0.2) is 6.61 Å². The van der Waals surface area contributed by atoms with Crippen molar-refractivity contribution in [2.24, 2.45) is 0 Å². The zero-order chi connectivity index (χ0) is 17.5. The van der Waals surface area contributed by atoms with Crippen LogP contribution in [-0.4, -0.2) is 24.5 Å². The second-order valence-electron chi connectivity index (χ2n) is 5.65. The minimum Gasteiger partial charge on any atom is -0.483 e. The summed E-state index contributed by atoms with van der Waals surface area (Å²) in [4.78, 5) is 24.1. The van der Waals surface area contributed by atoms with Crippen molar-refractivity contribution in [3.8, 4) is 5.75 Å². The lowest BCUT2D eigenvalue weighted by Gasteiger charge is -2.15. The molecule has 1 unspecified atom stereocenters. The van der Waals surface area contributed by atoms with Crippen molar-refractivity contribution >= 4 is 17.5 Å². The molecule has 0 fully saturated rings. The number of carbonyl (C=O) groups excluding carboxylic acids is 2. The van der Waals surface area contributed by atoms with Gasteiger partial charge in [0.2, 0.25) is 5.91 Å². The number of hydrogen-bond acceptors (Lipinski definition) is 3. The molecule has 2 aromatic rings. The zero-order valence-electron chi connectivity index (χ0n) is 14.1. The maximum Gasteiger partial charge on any atom is 0.258 e. The number of benzene rings is 2.